The van der Waals surface area contributed by atoms with E-state index in [-0.39, 0.29) is 5.91 Å². The Hall–Kier alpha value is -0.910. The highest BCUT2D eigenvalue weighted by Gasteiger charge is 2.11. The fourth-order valence-corrected chi connectivity index (χ4v) is 2.23. The standard InChI is InChI=1S/C12H7Br2ClN2O/c13-7-1-2-10(15)9(5-7)12(18)17-11-6-8(14)3-4-16-11/h1-6H,(H,16,17,18). The maximum absolute atomic E-state index is 12.0. The summed E-state index contributed by atoms with van der Waals surface area (Å²) in [5, 5.41) is 3.08. The molecule has 0 saturated heterocycles. The Balaban J connectivity index is 2.24. The molecule has 0 unspecified atom stereocenters. The number of hydrogen-bond acceptors (Lipinski definition) is 2. The van der Waals surface area contributed by atoms with Crippen molar-refractivity contribution in [2.45, 2.75) is 0 Å². The van der Waals surface area contributed by atoms with E-state index in [1.165, 1.54) is 0 Å². The number of benzene rings is 1. The number of hydrogen-bond donors (Lipinski definition) is 1. The Morgan fingerprint density at radius 3 is 2.61 bits per heavy atom. The van der Waals surface area contributed by atoms with Crippen molar-refractivity contribution in [3.63, 3.8) is 0 Å². The number of carbonyl (C=O) groups excluding carboxylic acids is 1. The first kappa shape index (κ1) is 13.5. The minimum absolute atomic E-state index is 0.299. The lowest BCUT2D eigenvalue weighted by Crippen LogP contribution is -2.13. The van der Waals surface area contributed by atoms with E-state index in [2.05, 4.69) is 42.2 Å². The van der Waals surface area contributed by atoms with Gasteiger partial charge in [0.25, 0.3) is 5.91 Å². The molecule has 18 heavy (non-hydrogen) atoms. The summed E-state index contributed by atoms with van der Waals surface area (Å²) in [6, 6.07) is 8.59. The van der Waals surface area contributed by atoms with E-state index in [0.29, 0.717) is 16.4 Å². The van der Waals surface area contributed by atoms with E-state index < -0.39 is 0 Å². The lowest BCUT2D eigenvalue weighted by atomic mass is 10.2. The molecule has 1 aromatic carbocycles. The van der Waals surface area contributed by atoms with Gasteiger partial charge in [-0.25, -0.2) is 4.98 Å². The van der Waals surface area contributed by atoms with Crippen LogP contribution in [0.1, 0.15) is 10.4 Å². The van der Waals surface area contributed by atoms with Crippen molar-refractivity contribution in [1.82, 2.24) is 4.98 Å². The highest BCUT2D eigenvalue weighted by molar-refractivity contribution is 9.10. The van der Waals surface area contributed by atoms with Gasteiger partial charge in [-0.05, 0) is 30.3 Å². The number of nitrogens with one attached hydrogen (secondary N) is 1. The first-order valence-corrected chi connectivity index (χ1v) is 6.90. The monoisotopic (exact) mass is 388 g/mol. The molecule has 1 heterocycles. The van der Waals surface area contributed by atoms with E-state index in [4.69, 9.17) is 11.6 Å². The molecule has 0 saturated carbocycles. The third-order valence-electron chi connectivity index (χ3n) is 2.14. The Morgan fingerprint density at radius 1 is 1.17 bits per heavy atom. The molecular weight excluding hydrogens is 383 g/mol. The Kier molecular flexibility index (Phi) is 4.37. The topological polar surface area (TPSA) is 42.0 Å². The molecule has 1 aromatic heterocycles. The van der Waals surface area contributed by atoms with Crippen LogP contribution >= 0.6 is 43.5 Å². The van der Waals surface area contributed by atoms with Crippen molar-refractivity contribution in [1.29, 1.82) is 0 Å². The predicted molar refractivity (Wildman–Crippen MR) is 79.0 cm³/mol. The van der Waals surface area contributed by atoms with E-state index in [1.54, 1.807) is 36.5 Å². The number of halogens is 3. The molecule has 0 bridgehead atoms. The average molecular weight is 390 g/mol. The molecule has 92 valence electrons. The van der Waals surface area contributed by atoms with Crippen LogP contribution in [0.25, 0.3) is 0 Å². The van der Waals surface area contributed by atoms with E-state index in [1.807, 2.05) is 0 Å². The van der Waals surface area contributed by atoms with Crippen molar-refractivity contribution in [2.75, 3.05) is 5.32 Å². The van der Waals surface area contributed by atoms with Gasteiger partial charge >= 0.3 is 0 Å². The number of pyridine rings is 1. The number of amides is 1. The van der Waals surface area contributed by atoms with Crippen molar-refractivity contribution < 1.29 is 4.79 Å². The van der Waals surface area contributed by atoms with Gasteiger partial charge in [-0.3, -0.25) is 4.79 Å². The smallest absolute Gasteiger partial charge is 0.258 e. The van der Waals surface area contributed by atoms with Gasteiger partial charge in [-0.2, -0.15) is 0 Å². The zero-order chi connectivity index (χ0) is 13.1. The molecule has 0 spiro atoms. The van der Waals surface area contributed by atoms with Crippen LogP contribution in [0.3, 0.4) is 0 Å². The summed E-state index contributed by atoms with van der Waals surface area (Å²) in [6.07, 6.45) is 1.60. The molecule has 0 aliphatic rings. The lowest BCUT2D eigenvalue weighted by molar-refractivity contribution is 0.102. The molecule has 6 heteroatoms. The zero-order valence-corrected chi connectivity index (χ0v) is 12.9. The van der Waals surface area contributed by atoms with Gasteiger partial charge in [-0.1, -0.05) is 43.5 Å². The minimum Gasteiger partial charge on any atom is -0.306 e. The van der Waals surface area contributed by atoms with E-state index in [0.717, 1.165) is 8.95 Å². The maximum Gasteiger partial charge on any atom is 0.258 e. The molecule has 0 radical (unpaired) electrons. The van der Waals surface area contributed by atoms with E-state index >= 15 is 0 Å². The molecule has 3 nitrogen and oxygen atoms in total. The summed E-state index contributed by atoms with van der Waals surface area (Å²) >= 11 is 12.6. The van der Waals surface area contributed by atoms with Crippen LogP contribution in [0.2, 0.25) is 5.02 Å². The van der Waals surface area contributed by atoms with Gasteiger partial charge in [0.2, 0.25) is 0 Å². The summed E-state index contributed by atoms with van der Waals surface area (Å²) in [5.41, 5.74) is 0.396. The Morgan fingerprint density at radius 2 is 1.89 bits per heavy atom. The molecular formula is C12H7Br2ClN2O. The van der Waals surface area contributed by atoms with Crippen LogP contribution in [-0.4, -0.2) is 10.9 Å². The van der Waals surface area contributed by atoms with Crippen molar-refractivity contribution >= 4 is 55.2 Å². The number of anilines is 1. The summed E-state index contributed by atoms with van der Waals surface area (Å²) in [7, 11) is 0. The molecule has 2 rings (SSSR count). The average Bonchev–Trinajstić information content (AvgIpc) is 2.32. The largest absolute Gasteiger partial charge is 0.306 e. The van der Waals surface area contributed by atoms with Gasteiger partial charge in [0.05, 0.1) is 10.6 Å². The predicted octanol–water partition coefficient (Wildman–Crippen LogP) is 4.51. The molecule has 1 amide bonds. The van der Waals surface area contributed by atoms with Crippen molar-refractivity contribution in [2.24, 2.45) is 0 Å². The summed E-state index contributed by atoms with van der Waals surface area (Å²) in [5.74, 6) is 0.164. The van der Waals surface area contributed by atoms with Gasteiger partial charge in [0.15, 0.2) is 0 Å². The molecule has 2 aromatic rings. The normalized spacial score (nSPS) is 10.2. The summed E-state index contributed by atoms with van der Waals surface area (Å²) in [4.78, 5) is 16.1. The molecule has 1 N–H and O–H groups in total. The fraction of sp³-hybridized carbons (Fsp3) is 0. The second kappa shape index (κ2) is 5.82. The van der Waals surface area contributed by atoms with Crippen LogP contribution in [0.15, 0.2) is 45.5 Å². The minimum atomic E-state index is -0.299. The number of carbonyl (C=O) groups is 1. The SMILES string of the molecule is O=C(Nc1cc(Br)ccn1)c1cc(Br)ccc1Cl. The first-order valence-electron chi connectivity index (χ1n) is 4.94. The first-order chi connectivity index (χ1) is 8.56. The molecule has 0 aliphatic heterocycles. The quantitative estimate of drug-likeness (QED) is 0.820. The van der Waals surface area contributed by atoms with Crippen molar-refractivity contribution in [3.05, 3.63) is 56.1 Å². The Bertz CT molecular complexity index is 604. The van der Waals surface area contributed by atoms with Gasteiger partial charge in [0.1, 0.15) is 5.82 Å². The second-order valence-corrected chi connectivity index (χ2v) is 5.68. The third kappa shape index (κ3) is 3.31. The zero-order valence-electron chi connectivity index (χ0n) is 8.95. The van der Waals surface area contributed by atoms with Crippen molar-refractivity contribution in [3.8, 4) is 0 Å². The van der Waals surface area contributed by atoms with Crippen LogP contribution in [0, 0.1) is 0 Å². The van der Waals surface area contributed by atoms with Gasteiger partial charge in [0, 0.05) is 15.1 Å². The highest BCUT2D eigenvalue weighted by atomic mass is 79.9. The Labute approximate surface area is 126 Å². The lowest BCUT2D eigenvalue weighted by Gasteiger charge is -2.06. The molecule has 0 aliphatic carbocycles. The fourth-order valence-electron chi connectivity index (χ4n) is 1.33. The van der Waals surface area contributed by atoms with Gasteiger partial charge < -0.3 is 5.32 Å². The molecule has 0 atom stereocenters. The number of nitrogens with zero attached hydrogens (tertiary/aromatic N) is 1. The van der Waals surface area contributed by atoms with Crippen LogP contribution in [0.5, 0.6) is 0 Å². The summed E-state index contributed by atoms with van der Waals surface area (Å²) in [6.45, 7) is 0. The van der Waals surface area contributed by atoms with Gasteiger partial charge in [-0.15, -0.1) is 0 Å². The number of rotatable bonds is 2. The second-order valence-electron chi connectivity index (χ2n) is 3.44. The van der Waals surface area contributed by atoms with Crippen LogP contribution in [0.4, 0.5) is 5.82 Å². The summed E-state index contributed by atoms with van der Waals surface area (Å²) < 4.78 is 1.63. The van der Waals surface area contributed by atoms with E-state index in [9.17, 15) is 4.79 Å². The van der Waals surface area contributed by atoms with Crippen LogP contribution < -0.4 is 5.32 Å². The number of aromatic nitrogens is 1. The van der Waals surface area contributed by atoms with Crippen LogP contribution in [-0.2, 0) is 0 Å². The highest BCUT2D eigenvalue weighted by Crippen LogP contribution is 2.22. The molecule has 0 fully saturated rings. The third-order valence-corrected chi connectivity index (χ3v) is 3.45. The maximum atomic E-state index is 12.0.